The summed E-state index contributed by atoms with van der Waals surface area (Å²) < 4.78 is 16.6. The molecule has 0 aliphatic heterocycles. The number of rotatable bonds is 13. The lowest BCUT2D eigenvalue weighted by atomic mass is 9.97. The van der Waals surface area contributed by atoms with Gasteiger partial charge in [0, 0.05) is 18.5 Å². The van der Waals surface area contributed by atoms with Gasteiger partial charge in [0.25, 0.3) is 0 Å². The molecule has 3 aromatic rings. The van der Waals surface area contributed by atoms with Crippen LogP contribution in [0.4, 0.5) is 0 Å². The zero-order valence-electron chi connectivity index (χ0n) is 23.0. The minimum Gasteiger partial charge on any atom is -0.496 e. The highest BCUT2D eigenvalue weighted by molar-refractivity contribution is 6.13. The highest BCUT2D eigenvalue weighted by atomic mass is 35.5. The Labute approximate surface area is 238 Å². The molecule has 7 nitrogen and oxygen atoms in total. The third kappa shape index (κ3) is 8.21. The number of carbonyl (C=O) groups is 2. The maximum Gasteiger partial charge on any atom is 0.338 e. The molecular formula is C29H40Cl2N2O5. The van der Waals surface area contributed by atoms with E-state index in [9.17, 15) is 9.59 Å². The van der Waals surface area contributed by atoms with Crippen LogP contribution in [0.15, 0.2) is 42.5 Å². The van der Waals surface area contributed by atoms with Crippen molar-refractivity contribution in [3.05, 3.63) is 53.6 Å². The molecule has 0 fully saturated rings. The maximum absolute atomic E-state index is 12.7. The van der Waals surface area contributed by atoms with Gasteiger partial charge in [0.05, 0.1) is 18.2 Å². The number of esters is 2. The third-order valence-corrected chi connectivity index (χ3v) is 6.67. The van der Waals surface area contributed by atoms with Crippen LogP contribution < -0.4 is 4.74 Å². The molecule has 0 aliphatic rings. The minimum atomic E-state index is -0.353. The van der Waals surface area contributed by atoms with Crippen LogP contribution in [0.1, 0.15) is 48.4 Å². The number of likely N-dealkylation sites (N-methyl/N-ethyl adjacent to an activating group) is 2. The lowest BCUT2D eigenvalue weighted by molar-refractivity contribution is 0.0458. The van der Waals surface area contributed by atoms with E-state index < -0.39 is 0 Å². The van der Waals surface area contributed by atoms with Crippen molar-refractivity contribution in [1.82, 2.24) is 9.80 Å². The second-order valence-corrected chi connectivity index (χ2v) is 8.60. The first-order valence-corrected chi connectivity index (χ1v) is 12.8. The summed E-state index contributed by atoms with van der Waals surface area (Å²) >= 11 is 0. The molecule has 0 aliphatic carbocycles. The van der Waals surface area contributed by atoms with Gasteiger partial charge in [0.15, 0.2) is 0 Å². The summed E-state index contributed by atoms with van der Waals surface area (Å²) in [6.07, 6.45) is 0. The van der Waals surface area contributed by atoms with E-state index in [2.05, 4.69) is 37.5 Å². The van der Waals surface area contributed by atoms with Crippen molar-refractivity contribution in [3.8, 4) is 5.75 Å². The molecule has 9 heteroatoms. The van der Waals surface area contributed by atoms with Crippen LogP contribution in [0, 0.1) is 0 Å². The molecular weight excluding hydrogens is 527 g/mol. The Morgan fingerprint density at radius 1 is 0.658 bits per heavy atom. The summed E-state index contributed by atoms with van der Waals surface area (Å²) in [5.41, 5.74) is 0.977. The number of halogens is 2. The average Bonchev–Trinajstić information content (AvgIpc) is 2.92. The molecule has 210 valence electrons. The normalized spacial score (nSPS) is 10.8. The first kappa shape index (κ1) is 33.4. The Kier molecular flexibility index (Phi) is 14.4. The Hall–Kier alpha value is -2.58. The highest BCUT2D eigenvalue weighted by Crippen LogP contribution is 2.34. The lowest BCUT2D eigenvalue weighted by Crippen LogP contribution is -2.27. The van der Waals surface area contributed by atoms with Crippen LogP contribution in [0.3, 0.4) is 0 Å². The molecule has 0 N–H and O–H groups in total. The van der Waals surface area contributed by atoms with Gasteiger partial charge >= 0.3 is 11.9 Å². The standard InChI is InChI=1S/C29H38N2O5.2ClH/c1-6-30(7-2)14-16-35-28(32)21-10-12-24-23(18-21)20-27(34-5)26-19-22(11-13-25(24)26)29(33)36-17-15-31(8-3)9-4;;/h10-13,18-20H,6-9,14-17H2,1-5H3;2*1H. The number of benzene rings is 3. The average molecular weight is 568 g/mol. The molecule has 0 radical (unpaired) electrons. The van der Waals surface area contributed by atoms with E-state index in [1.54, 1.807) is 19.2 Å². The van der Waals surface area contributed by atoms with Crippen molar-refractivity contribution in [2.75, 3.05) is 59.6 Å². The van der Waals surface area contributed by atoms with E-state index in [1.807, 2.05) is 30.3 Å². The summed E-state index contributed by atoms with van der Waals surface area (Å²) in [5, 5.41) is 3.59. The van der Waals surface area contributed by atoms with Crippen molar-refractivity contribution >= 4 is 58.3 Å². The number of nitrogens with zero attached hydrogens (tertiary/aromatic N) is 2. The Balaban J connectivity index is 0.00000361. The number of methoxy groups -OCH3 is 1. The van der Waals surface area contributed by atoms with Crippen molar-refractivity contribution in [2.24, 2.45) is 0 Å². The largest absolute Gasteiger partial charge is 0.496 e. The fourth-order valence-corrected chi connectivity index (χ4v) is 4.33. The summed E-state index contributed by atoms with van der Waals surface area (Å²) in [4.78, 5) is 29.7. The van der Waals surface area contributed by atoms with Gasteiger partial charge in [-0.15, -0.1) is 24.8 Å². The molecule has 0 bridgehead atoms. The molecule has 0 unspecified atom stereocenters. The summed E-state index contributed by atoms with van der Waals surface area (Å²) in [6.45, 7) is 14.2. The number of fused-ring (bicyclic) bond motifs is 3. The molecule has 0 amide bonds. The second-order valence-electron chi connectivity index (χ2n) is 8.60. The predicted molar refractivity (Wildman–Crippen MR) is 159 cm³/mol. The Morgan fingerprint density at radius 2 is 1.13 bits per heavy atom. The molecule has 0 spiro atoms. The van der Waals surface area contributed by atoms with Crippen molar-refractivity contribution in [2.45, 2.75) is 27.7 Å². The van der Waals surface area contributed by atoms with Gasteiger partial charge in [0.2, 0.25) is 0 Å². The zero-order valence-corrected chi connectivity index (χ0v) is 24.6. The van der Waals surface area contributed by atoms with Crippen molar-refractivity contribution < 1.29 is 23.8 Å². The van der Waals surface area contributed by atoms with Crippen LogP contribution in [0.2, 0.25) is 0 Å². The van der Waals surface area contributed by atoms with Gasteiger partial charge in [-0.25, -0.2) is 9.59 Å². The Bertz CT molecular complexity index is 1200. The molecule has 3 aromatic carbocycles. The molecule has 0 atom stereocenters. The van der Waals surface area contributed by atoms with Gasteiger partial charge in [-0.2, -0.15) is 0 Å². The predicted octanol–water partition coefficient (Wildman–Crippen LogP) is 5.84. The van der Waals surface area contributed by atoms with E-state index in [4.69, 9.17) is 14.2 Å². The number of hydrogen-bond acceptors (Lipinski definition) is 7. The van der Waals surface area contributed by atoms with Gasteiger partial charge in [-0.1, -0.05) is 39.8 Å². The quantitative estimate of drug-likeness (QED) is 0.190. The molecule has 0 heterocycles. The van der Waals surface area contributed by atoms with E-state index in [0.717, 1.165) is 47.7 Å². The smallest absolute Gasteiger partial charge is 0.338 e. The van der Waals surface area contributed by atoms with Crippen LogP contribution in [-0.4, -0.2) is 81.3 Å². The fraction of sp³-hybridized carbons (Fsp3) is 0.448. The second kappa shape index (κ2) is 16.4. The van der Waals surface area contributed by atoms with Gasteiger partial charge in [-0.05, 0) is 72.7 Å². The third-order valence-electron chi connectivity index (χ3n) is 6.67. The lowest BCUT2D eigenvalue weighted by Gasteiger charge is -2.18. The van der Waals surface area contributed by atoms with Crippen molar-refractivity contribution in [3.63, 3.8) is 0 Å². The van der Waals surface area contributed by atoms with Gasteiger partial charge < -0.3 is 24.0 Å². The summed E-state index contributed by atoms with van der Waals surface area (Å²) in [7, 11) is 1.60. The van der Waals surface area contributed by atoms with E-state index in [0.29, 0.717) is 43.2 Å². The van der Waals surface area contributed by atoms with E-state index in [1.165, 1.54) is 0 Å². The number of carbonyl (C=O) groups excluding carboxylic acids is 2. The molecule has 38 heavy (non-hydrogen) atoms. The minimum absolute atomic E-state index is 0. The van der Waals surface area contributed by atoms with Gasteiger partial charge in [0.1, 0.15) is 19.0 Å². The molecule has 0 saturated heterocycles. The summed E-state index contributed by atoms with van der Waals surface area (Å²) in [5.74, 6) is -0.0673. The van der Waals surface area contributed by atoms with E-state index in [-0.39, 0.29) is 36.8 Å². The molecule has 3 rings (SSSR count). The Morgan fingerprint density at radius 3 is 1.61 bits per heavy atom. The van der Waals surface area contributed by atoms with Crippen molar-refractivity contribution in [1.29, 1.82) is 0 Å². The van der Waals surface area contributed by atoms with Gasteiger partial charge in [-0.3, -0.25) is 0 Å². The summed E-state index contributed by atoms with van der Waals surface area (Å²) in [6, 6.07) is 12.9. The molecule has 0 aromatic heterocycles. The van der Waals surface area contributed by atoms with Crippen LogP contribution in [-0.2, 0) is 9.47 Å². The SMILES string of the molecule is CCN(CC)CCOC(=O)c1ccc2c(c1)cc(OC)c1cc(C(=O)OCCN(CC)CC)ccc12.Cl.Cl. The monoisotopic (exact) mass is 566 g/mol. The topological polar surface area (TPSA) is 68.3 Å². The highest BCUT2D eigenvalue weighted by Gasteiger charge is 2.15. The van der Waals surface area contributed by atoms with Crippen LogP contribution in [0.25, 0.3) is 21.5 Å². The maximum atomic E-state index is 12.7. The molecule has 0 saturated carbocycles. The first-order chi connectivity index (χ1) is 17.4. The van der Waals surface area contributed by atoms with E-state index >= 15 is 0 Å². The van der Waals surface area contributed by atoms with Crippen LogP contribution in [0.5, 0.6) is 5.75 Å². The number of ether oxygens (including phenoxy) is 3. The first-order valence-electron chi connectivity index (χ1n) is 12.8. The zero-order chi connectivity index (χ0) is 26.1. The number of hydrogen-bond donors (Lipinski definition) is 0. The van der Waals surface area contributed by atoms with Crippen LogP contribution >= 0.6 is 24.8 Å². The fourth-order valence-electron chi connectivity index (χ4n) is 4.33.